The van der Waals surface area contributed by atoms with Gasteiger partial charge in [-0.1, -0.05) is 6.92 Å². The van der Waals surface area contributed by atoms with Gasteiger partial charge in [-0.15, -0.1) is 0 Å². The maximum Gasteiger partial charge on any atom is 0.249 e. The molecule has 0 aromatic carbocycles. The van der Waals surface area contributed by atoms with Gasteiger partial charge < -0.3 is 14.6 Å². The lowest BCUT2D eigenvalue weighted by atomic mass is 9.92. The van der Waals surface area contributed by atoms with E-state index in [0.717, 1.165) is 5.76 Å². The number of rotatable bonds is 3. The Kier molecular flexibility index (Phi) is 3.39. The molecule has 2 amide bonds. The van der Waals surface area contributed by atoms with Crippen LogP contribution in [0, 0.1) is 6.92 Å². The number of nitrogens with zero attached hydrogens (tertiary/aromatic N) is 1. The smallest absolute Gasteiger partial charge is 0.249 e. The van der Waals surface area contributed by atoms with Crippen molar-refractivity contribution in [2.45, 2.75) is 52.2 Å². The summed E-state index contributed by atoms with van der Waals surface area (Å²) in [6.45, 7) is 7.58. The van der Waals surface area contributed by atoms with Crippen LogP contribution in [0.3, 0.4) is 0 Å². The molecule has 0 aliphatic carbocycles. The van der Waals surface area contributed by atoms with Crippen molar-refractivity contribution in [1.82, 2.24) is 10.2 Å². The highest BCUT2D eigenvalue weighted by atomic mass is 16.3. The fourth-order valence-corrected chi connectivity index (χ4v) is 2.25. The Morgan fingerprint density at radius 3 is 2.63 bits per heavy atom. The predicted molar refractivity (Wildman–Crippen MR) is 70.3 cm³/mol. The van der Waals surface area contributed by atoms with Crippen molar-refractivity contribution in [3.8, 4) is 0 Å². The number of piperazine rings is 1. The van der Waals surface area contributed by atoms with E-state index in [4.69, 9.17) is 4.42 Å². The molecule has 2 atom stereocenters. The van der Waals surface area contributed by atoms with Crippen LogP contribution in [-0.2, 0) is 16.1 Å². The molecule has 1 aliphatic heterocycles. The molecule has 1 saturated heterocycles. The van der Waals surface area contributed by atoms with E-state index in [1.807, 2.05) is 26.0 Å². The molecular formula is C14H20N2O3. The summed E-state index contributed by atoms with van der Waals surface area (Å²) in [5.41, 5.74) is -0.814. The van der Waals surface area contributed by atoms with Crippen LogP contribution in [0.15, 0.2) is 16.5 Å². The molecule has 2 rings (SSSR count). The quantitative estimate of drug-likeness (QED) is 0.902. The summed E-state index contributed by atoms with van der Waals surface area (Å²) in [5, 5.41) is 2.80. The van der Waals surface area contributed by atoms with Gasteiger partial charge in [0.05, 0.1) is 6.54 Å². The number of carbonyl (C=O) groups is 2. The molecule has 0 saturated carbocycles. The van der Waals surface area contributed by atoms with Crippen molar-refractivity contribution in [3.63, 3.8) is 0 Å². The summed E-state index contributed by atoms with van der Waals surface area (Å²) in [6.07, 6.45) is 0.567. The third-order valence-corrected chi connectivity index (χ3v) is 3.81. The molecule has 0 radical (unpaired) electrons. The van der Waals surface area contributed by atoms with Gasteiger partial charge in [0.2, 0.25) is 11.8 Å². The first-order valence-electron chi connectivity index (χ1n) is 6.56. The zero-order valence-electron chi connectivity index (χ0n) is 11.8. The minimum Gasteiger partial charge on any atom is -0.464 e. The molecule has 1 N–H and O–H groups in total. The summed E-state index contributed by atoms with van der Waals surface area (Å²) in [7, 11) is 0. The van der Waals surface area contributed by atoms with E-state index in [0.29, 0.717) is 18.7 Å². The Hall–Kier alpha value is -1.78. The Morgan fingerprint density at radius 1 is 1.42 bits per heavy atom. The number of furan rings is 1. The van der Waals surface area contributed by atoms with E-state index >= 15 is 0 Å². The highest BCUT2D eigenvalue weighted by Gasteiger charge is 2.45. The summed E-state index contributed by atoms with van der Waals surface area (Å²) < 4.78 is 5.49. The average molecular weight is 264 g/mol. The normalized spacial score (nSPS) is 27.6. The molecule has 19 heavy (non-hydrogen) atoms. The third-order valence-electron chi connectivity index (χ3n) is 3.81. The lowest BCUT2D eigenvalue weighted by Gasteiger charge is -2.42. The second-order valence-electron chi connectivity index (χ2n) is 5.30. The van der Waals surface area contributed by atoms with Crippen LogP contribution >= 0.6 is 0 Å². The minimum absolute atomic E-state index is 0.0591. The van der Waals surface area contributed by atoms with Gasteiger partial charge in [0.15, 0.2) is 0 Å². The van der Waals surface area contributed by atoms with E-state index in [9.17, 15) is 9.59 Å². The van der Waals surface area contributed by atoms with Crippen molar-refractivity contribution in [3.05, 3.63) is 23.7 Å². The van der Waals surface area contributed by atoms with Crippen LogP contribution in [0.1, 0.15) is 38.7 Å². The zero-order chi connectivity index (χ0) is 14.2. The van der Waals surface area contributed by atoms with Crippen LogP contribution in [0.4, 0.5) is 0 Å². The van der Waals surface area contributed by atoms with Gasteiger partial charge >= 0.3 is 0 Å². The molecule has 1 fully saturated rings. The van der Waals surface area contributed by atoms with Crippen LogP contribution in [-0.4, -0.2) is 28.3 Å². The number of carbonyl (C=O) groups excluding carboxylic acids is 2. The van der Waals surface area contributed by atoms with Crippen LogP contribution < -0.4 is 5.32 Å². The van der Waals surface area contributed by atoms with Crippen molar-refractivity contribution >= 4 is 11.8 Å². The van der Waals surface area contributed by atoms with E-state index in [-0.39, 0.29) is 11.8 Å². The van der Waals surface area contributed by atoms with Crippen molar-refractivity contribution in [1.29, 1.82) is 0 Å². The van der Waals surface area contributed by atoms with Gasteiger partial charge in [0.25, 0.3) is 0 Å². The van der Waals surface area contributed by atoms with Gasteiger partial charge in [0.1, 0.15) is 23.1 Å². The number of amides is 2. The van der Waals surface area contributed by atoms with Gasteiger partial charge in [-0.2, -0.15) is 0 Å². The summed E-state index contributed by atoms with van der Waals surface area (Å²) in [4.78, 5) is 26.1. The molecule has 104 valence electrons. The highest BCUT2D eigenvalue weighted by molar-refractivity contribution is 5.99. The second kappa shape index (κ2) is 4.72. The summed E-state index contributed by atoms with van der Waals surface area (Å²) in [6, 6.07) is 3.22. The Labute approximate surface area is 113 Å². The van der Waals surface area contributed by atoms with E-state index in [2.05, 4.69) is 5.32 Å². The van der Waals surface area contributed by atoms with Gasteiger partial charge in [0, 0.05) is 0 Å². The van der Waals surface area contributed by atoms with E-state index in [1.54, 1.807) is 18.7 Å². The largest absolute Gasteiger partial charge is 0.464 e. The van der Waals surface area contributed by atoms with E-state index in [1.165, 1.54) is 0 Å². The summed E-state index contributed by atoms with van der Waals surface area (Å²) in [5.74, 6) is 1.32. The molecule has 2 heterocycles. The number of nitrogens with one attached hydrogen (secondary N) is 1. The molecule has 1 aliphatic rings. The zero-order valence-corrected chi connectivity index (χ0v) is 11.8. The lowest BCUT2D eigenvalue weighted by Crippen LogP contribution is -2.67. The minimum atomic E-state index is -0.814. The van der Waals surface area contributed by atoms with Gasteiger partial charge in [-0.25, -0.2) is 0 Å². The molecule has 5 nitrogen and oxygen atoms in total. The molecule has 1 aromatic heterocycles. The first-order chi connectivity index (χ1) is 8.87. The SMILES string of the molecule is CCC1(C)NC(=O)C(C)N(Cc2ccc(C)o2)C1=O. The Morgan fingerprint density at radius 2 is 2.11 bits per heavy atom. The van der Waals surface area contributed by atoms with Crippen LogP contribution in [0.5, 0.6) is 0 Å². The van der Waals surface area contributed by atoms with Crippen LogP contribution in [0.25, 0.3) is 0 Å². The maximum atomic E-state index is 12.5. The topological polar surface area (TPSA) is 62.6 Å². The monoisotopic (exact) mass is 264 g/mol. The highest BCUT2D eigenvalue weighted by Crippen LogP contribution is 2.23. The van der Waals surface area contributed by atoms with Crippen molar-refractivity contribution in [2.24, 2.45) is 0 Å². The first-order valence-corrected chi connectivity index (χ1v) is 6.56. The van der Waals surface area contributed by atoms with Gasteiger partial charge in [-0.05, 0) is 39.3 Å². The van der Waals surface area contributed by atoms with Crippen LogP contribution in [0.2, 0.25) is 0 Å². The standard InChI is InChI=1S/C14H20N2O3/c1-5-14(4)13(18)16(10(3)12(17)15-14)8-11-7-6-9(2)19-11/h6-7,10H,5,8H2,1-4H3,(H,15,17). The second-order valence-corrected chi connectivity index (χ2v) is 5.30. The third kappa shape index (κ3) is 2.37. The van der Waals surface area contributed by atoms with Crippen molar-refractivity contribution in [2.75, 3.05) is 0 Å². The fourth-order valence-electron chi connectivity index (χ4n) is 2.25. The molecule has 0 bridgehead atoms. The first kappa shape index (κ1) is 13.6. The van der Waals surface area contributed by atoms with E-state index < -0.39 is 11.6 Å². The molecule has 5 heteroatoms. The number of aryl methyl sites for hydroxylation is 1. The van der Waals surface area contributed by atoms with Crippen molar-refractivity contribution < 1.29 is 14.0 Å². The maximum absolute atomic E-state index is 12.5. The number of hydrogen-bond acceptors (Lipinski definition) is 3. The molecule has 0 spiro atoms. The molecule has 2 unspecified atom stereocenters. The summed E-state index contributed by atoms with van der Waals surface area (Å²) >= 11 is 0. The Balaban J connectivity index is 2.25. The number of hydrogen-bond donors (Lipinski definition) is 1. The predicted octanol–water partition coefficient (Wildman–Crippen LogP) is 1.60. The van der Waals surface area contributed by atoms with Gasteiger partial charge in [-0.3, -0.25) is 9.59 Å². The fraction of sp³-hybridized carbons (Fsp3) is 0.571. The molecule has 1 aromatic rings. The lowest BCUT2D eigenvalue weighted by molar-refractivity contribution is -0.154. The average Bonchev–Trinajstić information content (AvgIpc) is 2.78. The molecular weight excluding hydrogens is 244 g/mol. The Bertz CT molecular complexity index is 509.